The second-order valence-corrected chi connectivity index (χ2v) is 6.32. The lowest BCUT2D eigenvalue weighted by Crippen LogP contribution is -2.44. The maximum absolute atomic E-state index is 12.7. The fourth-order valence-electron chi connectivity index (χ4n) is 3.59. The summed E-state index contributed by atoms with van der Waals surface area (Å²) >= 11 is 0. The fourth-order valence-corrected chi connectivity index (χ4v) is 3.59. The summed E-state index contributed by atoms with van der Waals surface area (Å²) in [5.41, 5.74) is 0.615. The molecule has 4 rings (SSSR count). The summed E-state index contributed by atoms with van der Waals surface area (Å²) in [7, 11) is 0. The number of nitrogens with zero attached hydrogens (tertiary/aromatic N) is 4. The molecule has 3 saturated heterocycles. The van der Waals surface area contributed by atoms with Crippen LogP contribution in [-0.4, -0.2) is 57.9 Å². The lowest BCUT2D eigenvalue weighted by molar-refractivity contribution is 0.0737. The molecular formula is C16H24N4O. The quantitative estimate of drug-likeness (QED) is 0.850. The van der Waals surface area contributed by atoms with E-state index in [0.717, 1.165) is 26.2 Å². The van der Waals surface area contributed by atoms with Gasteiger partial charge in [-0.1, -0.05) is 6.92 Å². The van der Waals surface area contributed by atoms with Crippen LogP contribution in [0.5, 0.6) is 0 Å². The summed E-state index contributed by atoms with van der Waals surface area (Å²) in [6.45, 7) is 8.09. The zero-order valence-corrected chi connectivity index (χ0v) is 13.0. The molecule has 1 aromatic heterocycles. The van der Waals surface area contributed by atoms with Crippen LogP contribution in [0, 0.1) is 12.8 Å². The molecule has 0 N–H and O–H groups in total. The van der Waals surface area contributed by atoms with E-state index in [-0.39, 0.29) is 5.91 Å². The van der Waals surface area contributed by atoms with Crippen molar-refractivity contribution < 1.29 is 4.79 Å². The van der Waals surface area contributed by atoms with Crippen molar-refractivity contribution >= 4 is 5.91 Å². The Bertz CT molecular complexity index is 502. The Morgan fingerprint density at radius 3 is 2.71 bits per heavy atom. The lowest BCUT2D eigenvalue weighted by atomic mass is 9.95. The Hall–Kier alpha value is -1.49. The predicted molar refractivity (Wildman–Crippen MR) is 81.0 cm³/mol. The maximum atomic E-state index is 12.7. The fraction of sp³-hybridized carbons (Fsp3) is 0.688. The molecule has 1 amide bonds. The number of aromatic nitrogens is 2. The van der Waals surface area contributed by atoms with E-state index in [9.17, 15) is 4.79 Å². The Kier molecular flexibility index (Phi) is 4.19. The van der Waals surface area contributed by atoms with Crippen molar-refractivity contribution in [3.8, 4) is 0 Å². The molecule has 0 radical (unpaired) electrons. The Morgan fingerprint density at radius 1 is 1.24 bits per heavy atom. The van der Waals surface area contributed by atoms with E-state index in [1.165, 1.54) is 19.3 Å². The van der Waals surface area contributed by atoms with E-state index in [0.29, 0.717) is 23.3 Å². The third-order valence-electron chi connectivity index (χ3n) is 4.65. The van der Waals surface area contributed by atoms with Crippen LogP contribution in [0.1, 0.15) is 42.4 Å². The zero-order valence-electron chi connectivity index (χ0n) is 13.0. The number of carbonyl (C=O) groups is 1. The number of hydrogen-bond donors (Lipinski definition) is 0. The highest BCUT2D eigenvalue weighted by molar-refractivity contribution is 5.93. The monoisotopic (exact) mass is 288 g/mol. The van der Waals surface area contributed by atoms with Gasteiger partial charge in [0.1, 0.15) is 5.82 Å². The molecule has 5 heteroatoms. The second kappa shape index (κ2) is 6.10. The minimum Gasteiger partial charge on any atom is -0.337 e. The van der Waals surface area contributed by atoms with Crippen LogP contribution in [0.4, 0.5) is 0 Å². The van der Waals surface area contributed by atoms with Gasteiger partial charge in [0, 0.05) is 38.1 Å². The summed E-state index contributed by atoms with van der Waals surface area (Å²) in [6.07, 6.45) is 6.96. The third kappa shape index (κ3) is 3.07. The van der Waals surface area contributed by atoms with Crippen LogP contribution >= 0.6 is 0 Å². The summed E-state index contributed by atoms with van der Waals surface area (Å²) in [4.78, 5) is 25.6. The Morgan fingerprint density at radius 2 is 2.00 bits per heavy atom. The molecule has 3 aliphatic rings. The number of amides is 1. The minimum absolute atomic E-state index is 0.0882. The van der Waals surface area contributed by atoms with E-state index in [1.54, 1.807) is 12.4 Å². The van der Waals surface area contributed by atoms with Gasteiger partial charge in [0.15, 0.2) is 0 Å². The normalized spacial score (nSPS) is 25.9. The average Bonchev–Trinajstić information content (AvgIpc) is 2.79. The number of hydrogen-bond acceptors (Lipinski definition) is 4. The molecule has 2 atom stereocenters. The summed E-state index contributed by atoms with van der Waals surface area (Å²) in [6, 6.07) is 0.527. The Labute approximate surface area is 126 Å². The van der Waals surface area contributed by atoms with Crippen molar-refractivity contribution in [2.45, 2.75) is 39.2 Å². The molecular weight excluding hydrogens is 264 g/mol. The molecule has 3 fully saturated rings. The van der Waals surface area contributed by atoms with Crippen molar-refractivity contribution in [1.29, 1.82) is 0 Å². The van der Waals surface area contributed by atoms with Crippen molar-refractivity contribution in [2.24, 2.45) is 5.92 Å². The largest absolute Gasteiger partial charge is 0.337 e. The number of carbonyl (C=O) groups excluding carboxylic acids is 1. The van der Waals surface area contributed by atoms with Gasteiger partial charge in [-0.15, -0.1) is 0 Å². The zero-order chi connectivity index (χ0) is 14.8. The van der Waals surface area contributed by atoms with Crippen LogP contribution in [0.3, 0.4) is 0 Å². The molecule has 114 valence electrons. The van der Waals surface area contributed by atoms with E-state index >= 15 is 0 Å². The first kappa shape index (κ1) is 14.4. The molecule has 0 spiro atoms. The summed E-state index contributed by atoms with van der Waals surface area (Å²) in [5, 5.41) is 0. The van der Waals surface area contributed by atoms with Crippen molar-refractivity contribution in [3.05, 3.63) is 23.8 Å². The molecule has 4 heterocycles. The molecule has 5 nitrogen and oxygen atoms in total. The highest BCUT2D eigenvalue weighted by atomic mass is 16.2. The van der Waals surface area contributed by atoms with Crippen molar-refractivity contribution in [1.82, 2.24) is 19.8 Å². The van der Waals surface area contributed by atoms with E-state index < -0.39 is 0 Å². The first-order valence-electron chi connectivity index (χ1n) is 7.99. The van der Waals surface area contributed by atoms with Gasteiger partial charge in [-0.2, -0.15) is 0 Å². The van der Waals surface area contributed by atoms with Crippen LogP contribution in [0.15, 0.2) is 12.4 Å². The van der Waals surface area contributed by atoms with Gasteiger partial charge in [-0.25, -0.2) is 9.97 Å². The van der Waals surface area contributed by atoms with Crippen molar-refractivity contribution in [2.75, 3.05) is 26.2 Å². The van der Waals surface area contributed by atoms with Crippen LogP contribution in [-0.2, 0) is 0 Å². The predicted octanol–water partition coefficient (Wildman–Crippen LogP) is 1.73. The van der Waals surface area contributed by atoms with Crippen molar-refractivity contribution in [3.63, 3.8) is 0 Å². The number of aryl methyl sites for hydroxylation is 1. The molecule has 0 aromatic carbocycles. The van der Waals surface area contributed by atoms with E-state index in [2.05, 4.69) is 21.8 Å². The van der Waals surface area contributed by atoms with Gasteiger partial charge in [-0.3, -0.25) is 9.69 Å². The standard InChI is InChI=1S/C16H24N4O/c1-3-6-19-9-13-4-5-15(19)11-20(10-13)16(21)14-7-17-12(2)18-8-14/h7-8,13,15H,3-6,9-11H2,1-2H3/t13-,15-/m0/s1. The first-order valence-corrected chi connectivity index (χ1v) is 7.99. The lowest BCUT2D eigenvalue weighted by Gasteiger charge is -2.35. The second-order valence-electron chi connectivity index (χ2n) is 6.32. The number of piperidine rings is 1. The summed E-state index contributed by atoms with van der Waals surface area (Å²) < 4.78 is 0. The minimum atomic E-state index is 0.0882. The summed E-state index contributed by atoms with van der Waals surface area (Å²) in [5.74, 6) is 1.41. The molecule has 1 aromatic rings. The van der Waals surface area contributed by atoms with E-state index in [4.69, 9.17) is 0 Å². The smallest absolute Gasteiger partial charge is 0.257 e. The average molecular weight is 288 g/mol. The van der Waals surface area contributed by atoms with Gasteiger partial charge >= 0.3 is 0 Å². The third-order valence-corrected chi connectivity index (χ3v) is 4.65. The van der Waals surface area contributed by atoms with Gasteiger partial charge in [0.2, 0.25) is 0 Å². The number of fused-ring (bicyclic) bond motifs is 4. The molecule has 0 aliphatic carbocycles. The topological polar surface area (TPSA) is 49.3 Å². The van der Waals surface area contributed by atoms with Crippen LogP contribution < -0.4 is 0 Å². The van der Waals surface area contributed by atoms with Gasteiger partial charge in [0.25, 0.3) is 5.91 Å². The van der Waals surface area contributed by atoms with Crippen LogP contribution in [0.25, 0.3) is 0 Å². The maximum Gasteiger partial charge on any atom is 0.257 e. The van der Waals surface area contributed by atoms with Gasteiger partial charge < -0.3 is 4.90 Å². The molecule has 0 unspecified atom stereocenters. The highest BCUT2D eigenvalue weighted by Gasteiger charge is 2.36. The van der Waals surface area contributed by atoms with E-state index in [1.807, 2.05) is 11.8 Å². The Balaban J connectivity index is 1.74. The molecule has 0 saturated carbocycles. The highest BCUT2D eigenvalue weighted by Crippen LogP contribution is 2.28. The van der Waals surface area contributed by atoms with Crippen LogP contribution in [0.2, 0.25) is 0 Å². The van der Waals surface area contributed by atoms with Gasteiger partial charge in [0.05, 0.1) is 5.56 Å². The number of rotatable bonds is 3. The molecule has 3 aliphatic heterocycles. The first-order chi connectivity index (χ1) is 10.2. The SMILES string of the molecule is CCCN1C[C@@H]2CC[C@H]1CN(C(=O)c1cnc(C)nc1)C2. The van der Waals surface area contributed by atoms with Gasteiger partial charge in [-0.05, 0) is 38.6 Å². The molecule has 21 heavy (non-hydrogen) atoms. The molecule has 2 bridgehead atoms.